The molecule has 0 amide bonds. The number of aliphatic hydroxyl groups is 3. The van der Waals surface area contributed by atoms with Gasteiger partial charge in [0.05, 0.1) is 23.5 Å². The predicted octanol–water partition coefficient (Wildman–Crippen LogP) is -1.02. The molecule has 4 fully saturated rings. The topological polar surface area (TPSA) is 129 Å². The maximum Gasteiger partial charge on any atom is 0.334 e. The average molecular weight is 328 g/mol. The van der Waals surface area contributed by atoms with E-state index in [2.05, 4.69) is 11.5 Å². The Labute approximate surface area is 132 Å². The highest BCUT2D eigenvalue weighted by Gasteiger charge is 2.87. The monoisotopic (exact) mass is 328 g/mol. The molecule has 4 N–H and O–H groups in total. The van der Waals surface area contributed by atoms with E-state index in [0.29, 0.717) is 0 Å². The molecular weight excluding hydrogens is 308 g/mol. The summed E-state index contributed by atoms with van der Waals surface area (Å²) in [7, 11) is 0. The Morgan fingerprint density at radius 3 is 2.61 bits per heavy atom. The first kappa shape index (κ1) is 15.5. The molecule has 0 bridgehead atoms. The second-order valence-corrected chi connectivity index (χ2v) is 7.49. The molecule has 1 spiro atoms. The number of hydrogen-bond donors (Lipinski definition) is 4. The van der Waals surface area contributed by atoms with Gasteiger partial charge in [-0.25, -0.2) is 9.68 Å². The minimum absolute atomic E-state index is 0.0594. The molecule has 4 rings (SSSR count). The van der Waals surface area contributed by atoms with E-state index in [4.69, 9.17) is 9.47 Å². The number of rotatable bonds is 1. The van der Waals surface area contributed by atoms with Crippen LogP contribution in [-0.4, -0.2) is 67.8 Å². The standard InChI is InChI=1S/C15H20O8/c1-5-7-6(16)4-13(2,23-20)15-9(8(7)21-12(5)18)14(3,19)10(17)11(15)22-15/h6-11,16-17,19-20H,1,4H2,2-3H3. The van der Waals surface area contributed by atoms with Crippen LogP contribution in [0, 0.1) is 11.8 Å². The van der Waals surface area contributed by atoms with E-state index in [1.54, 1.807) is 6.92 Å². The fraction of sp³-hybridized carbons (Fsp3) is 0.800. The van der Waals surface area contributed by atoms with Crippen LogP contribution in [0.1, 0.15) is 20.3 Å². The average Bonchev–Trinajstić information content (AvgIpc) is 3.11. The van der Waals surface area contributed by atoms with Gasteiger partial charge in [0.1, 0.15) is 29.5 Å². The van der Waals surface area contributed by atoms with E-state index in [-0.39, 0.29) is 12.0 Å². The van der Waals surface area contributed by atoms with Crippen molar-refractivity contribution in [1.82, 2.24) is 0 Å². The van der Waals surface area contributed by atoms with Gasteiger partial charge in [-0.05, 0) is 13.8 Å². The lowest BCUT2D eigenvalue weighted by Gasteiger charge is -2.40. The zero-order valence-corrected chi connectivity index (χ0v) is 12.8. The lowest BCUT2D eigenvalue weighted by atomic mass is 9.73. The Hall–Kier alpha value is -1.03. The van der Waals surface area contributed by atoms with Crippen LogP contribution in [0.3, 0.4) is 0 Å². The third-order valence-corrected chi connectivity index (χ3v) is 6.30. The molecule has 2 saturated heterocycles. The van der Waals surface area contributed by atoms with Crippen LogP contribution in [-0.2, 0) is 19.2 Å². The van der Waals surface area contributed by atoms with Gasteiger partial charge in [-0.15, -0.1) is 0 Å². The van der Waals surface area contributed by atoms with Crippen molar-refractivity contribution in [2.45, 2.75) is 61.5 Å². The van der Waals surface area contributed by atoms with Crippen molar-refractivity contribution in [3.8, 4) is 0 Å². The van der Waals surface area contributed by atoms with Crippen molar-refractivity contribution in [3.63, 3.8) is 0 Å². The first-order valence-corrected chi connectivity index (χ1v) is 7.60. The Morgan fingerprint density at radius 2 is 2.00 bits per heavy atom. The molecule has 128 valence electrons. The third-order valence-electron chi connectivity index (χ3n) is 6.30. The van der Waals surface area contributed by atoms with E-state index >= 15 is 0 Å². The summed E-state index contributed by atoms with van der Waals surface area (Å²) in [5.74, 6) is -2.28. The first-order valence-electron chi connectivity index (χ1n) is 7.60. The first-order chi connectivity index (χ1) is 10.6. The lowest BCUT2D eigenvalue weighted by Crippen LogP contribution is -2.57. The van der Waals surface area contributed by atoms with E-state index in [9.17, 15) is 25.4 Å². The molecule has 0 aromatic carbocycles. The summed E-state index contributed by atoms with van der Waals surface area (Å²) >= 11 is 0. The minimum atomic E-state index is -1.64. The van der Waals surface area contributed by atoms with E-state index in [0.717, 1.165) is 0 Å². The van der Waals surface area contributed by atoms with E-state index in [1.165, 1.54) is 6.92 Å². The number of carbonyl (C=O) groups excluding carboxylic acids is 1. The van der Waals surface area contributed by atoms with Crippen LogP contribution in [0.15, 0.2) is 12.2 Å². The summed E-state index contributed by atoms with van der Waals surface area (Å²) in [6, 6.07) is 0. The van der Waals surface area contributed by atoms with Crippen LogP contribution in [0.25, 0.3) is 0 Å². The molecule has 4 aliphatic rings. The highest BCUT2D eigenvalue weighted by atomic mass is 17.1. The maximum atomic E-state index is 11.9. The zero-order chi connectivity index (χ0) is 16.9. The quantitative estimate of drug-likeness (QED) is 0.158. The second-order valence-electron chi connectivity index (χ2n) is 7.49. The number of carbonyl (C=O) groups is 1. The molecule has 23 heavy (non-hydrogen) atoms. The number of hydrogen-bond acceptors (Lipinski definition) is 8. The lowest BCUT2D eigenvalue weighted by molar-refractivity contribution is -0.345. The highest BCUT2D eigenvalue weighted by Crippen LogP contribution is 2.68. The summed E-state index contributed by atoms with van der Waals surface area (Å²) in [4.78, 5) is 16.6. The number of epoxide rings is 1. The Kier molecular flexibility index (Phi) is 2.79. The molecule has 9 atom stereocenters. The Balaban J connectivity index is 1.90. The molecule has 2 saturated carbocycles. The van der Waals surface area contributed by atoms with Gasteiger partial charge in [0.15, 0.2) is 0 Å². The molecule has 2 aliphatic heterocycles. The smallest absolute Gasteiger partial charge is 0.334 e. The van der Waals surface area contributed by atoms with Crippen LogP contribution in [0.4, 0.5) is 0 Å². The van der Waals surface area contributed by atoms with E-state index < -0.39 is 59.0 Å². The Bertz CT molecular complexity index is 602. The van der Waals surface area contributed by atoms with Gasteiger partial charge in [0, 0.05) is 12.0 Å². The number of fused-ring (bicyclic) bond motifs is 2. The van der Waals surface area contributed by atoms with Crippen molar-refractivity contribution in [1.29, 1.82) is 0 Å². The molecule has 2 heterocycles. The van der Waals surface area contributed by atoms with Crippen LogP contribution >= 0.6 is 0 Å². The van der Waals surface area contributed by atoms with Crippen molar-refractivity contribution in [2.75, 3.05) is 0 Å². The second kappa shape index (κ2) is 4.14. The van der Waals surface area contributed by atoms with Crippen molar-refractivity contribution in [3.05, 3.63) is 12.2 Å². The molecule has 9 unspecified atom stereocenters. The van der Waals surface area contributed by atoms with Crippen LogP contribution < -0.4 is 0 Å². The van der Waals surface area contributed by atoms with Gasteiger partial charge < -0.3 is 24.8 Å². The maximum absolute atomic E-state index is 11.9. The van der Waals surface area contributed by atoms with Gasteiger partial charge in [-0.2, -0.15) is 0 Å². The molecule has 0 radical (unpaired) electrons. The number of ether oxygens (including phenoxy) is 2. The van der Waals surface area contributed by atoms with Crippen molar-refractivity contribution in [2.24, 2.45) is 11.8 Å². The third kappa shape index (κ3) is 1.50. The minimum Gasteiger partial charge on any atom is -0.458 e. The predicted molar refractivity (Wildman–Crippen MR) is 73.0 cm³/mol. The normalized spacial score (nSPS) is 60.6. The summed E-state index contributed by atoms with van der Waals surface area (Å²) < 4.78 is 11.0. The van der Waals surface area contributed by atoms with Crippen LogP contribution in [0.2, 0.25) is 0 Å². The molecule has 8 nitrogen and oxygen atoms in total. The van der Waals surface area contributed by atoms with Crippen molar-refractivity contribution >= 4 is 5.97 Å². The largest absolute Gasteiger partial charge is 0.458 e. The molecule has 2 aliphatic carbocycles. The number of esters is 1. The van der Waals surface area contributed by atoms with Gasteiger partial charge in [-0.1, -0.05) is 6.58 Å². The van der Waals surface area contributed by atoms with E-state index in [1.807, 2.05) is 0 Å². The molecule has 0 aromatic heterocycles. The highest BCUT2D eigenvalue weighted by molar-refractivity contribution is 5.91. The SMILES string of the molecule is C=C1C(=O)OC2C1C(O)CC(C)(OO)C13OC1C(O)C(C)(O)C23. The van der Waals surface area contributed by atoms with Gasteiger partial charge in [0.25, 0.3) is 0 Å². The molecular formula is C15H20O8. The fourth-order valence-corrected chi connectivity index (χ4v) is 5.11. The summed E-state index contributed by atoms with van der Waals surface area (Å²) in [5, 5.41) is 41.3. The van der Waals surface area contributed by atoms with Crippen molar-refractivity contribution < 1.29 is 39.7 Å². The zero-order valence-electron chi connectivity index (χ0n) is 12.8. The van der Waals surface area contributed by atoms with Crippen LogP contribution in [0.5, 0.6) is 0 Å². The van der Waals surface area contributed by atoms with Gasteiger partial charge in [-0.3, -0.25) is 5.26 Å². The van der Waals surface area contributed by atoms with Gasteiger partial charge >= 0.3 is 5.97 Å². The fourth-order valence-electron chi connectivity index (χ4n) is 5.11. The molecule has 0 aromatic rings. The molecule has 8 heteroatoms. The summed E-state index contributed by atoms with van der Waals surface area (Å²) in [5.41, 5.74) is -4.16. The summed E-state index contributed by atoms with van der Waals surface area (Å²) in [6.07, 6.45) is -4.06. The summed E-state index contributed by atoms with van der Waals surface area (Å²) in [6.45, 7) is 6.66. The Morgan fingerprint density at radius 1 is 1.35 bits per heavy atom. The number of aliphatic hydroxyl groups excluding tert-OH is 2. The van der Waals surface area contributed by atoms with Gasteiger partial charge in [0.2, 0.25) is 0 Å².